The molecule has 0 heterocycles. The van der Waals surface area contributed by atoms with Gasteiger partial charge in [-0.2, -0.15) is 0 Å². The van der Waals surface area contributed by atoms with E-state index >= 15 is 0 Å². The Labute approximate surface area is 82.0 Å². The molecule has 0 saturated heterocycles. The average molecular weight is 286 g/mol. The Morgan fingerprint density at radius 3 is 0.429 bits per heavy atom. The molecule has 0 aliphatic rings. The van der Waals surface area contributed by atoms with E-state index in [0.29, 0.717) is 0 Å². The molecule has 2 nitrogen and oxygen atoms in total. The zero-order valence-corrected chi connectivity index (χ0v) is 8.18. The van der Waals surface area contributed by atoms with Gasteiger partial charge >= 0.3 is 0 Å². The van der Waals surface area contributed by atoms with Crippen molar-refractivity contribution in [3.05, 3.63) is 0 Å². The first-order valence-electron chi connectivity index (χ1n) is 0. The third-order valence-corrected chi connectivity index (χ3v) is 0. The summed E-state index contributed by atoms with van der Waals surface area (Å²) in [4.78, 5) is 0. The van der Waals surface area contributed by atoms with Crippen LogP contribution in [0.1, 0.15) is 0 Å². The summed E-state index contributed by atoms with van der Waals surface area (Å²) >= 11 is 0. The Morgan fingerprint density at radius 1 is 0.429 bits per heavy atom. The van der Waals surface area contributed by atoms with Crippen LogP contribution in [0, 0.1) is 0 Å². The van der Waals surface area contributed by atoms with Crippen LogP contribution in [-0.4, -0.2) is 0 Å². The second kappa shape index (κ2) is 116. The number of hydrogen-bond acceptors (Lipinski definition) is 2. The largest absolute Gasteiger partial charge is 0.344 e. The minimum absolute atomic E-state index is 0. The maximum absolute atomic E-state index is 0. The van der Waals surface area contributed by atoms with Crippen LogP contribution in [0.2, 0.25) is 0 Å². The smallest absolute Gasteiger partial charge is 0 e. The molecular weight excluding hydrogens is 276 g/mol. The topological polar surface area (TPSA) is 70.0 Å². The molecule has 0 bridgehead atoms. The second-order valence-corrected chi connectivity index (χ2v) is 0. The van der Waals surface area contributed by atoms with Gasteiger partial charge in [0.05, 0.1) is 0 Å². The fraction of sp³-hybridized carbons (Fsp3) is 0. The van der Waals surface area contributed by atoms with Gasteiger partial charge < -0.3 is 12.3 Å². The molecule has 0 radical (unpaired) electrons. The molecule has 6 N–H and O–H groups in total. The SMILES string of the molecule is Cl.Cl.Cl.Cl.N.N.[Pd]. The van der Waals surface area contributed by atoms with Gasteiger partial charge in [0.25, 0.3) is 0 Å². The minimum atomic E-state index is 0. The Morgan fingerprint density at radius 2 is 0.429 bits per heavy atom. The summed E-state index contributed by atoms with van der Waals surface area (Å²) in [5, 5.41) is 0. The molecule has 7 heavy (non-hydrogen) atoms. The van der Waals surface area contributed by atoms with Crippen LogP contribution in [0.5, 0.6) is 0 Å². The normalized spacial score (nSPS) is 0. The molecular formula is H10Cl4N2Pd. The first kappa shape index (κ1) is 173. The van der Waals surface area contributed by atoms with Crippen molar-refractivity contribution in [2.24, 2.45) is 0 Å². The molecule has 0 atom stereocenters. The van der Waals surface area contributed by atoms with E-state index in [2.05, 4.69) is 0 Å². The van der Waals surface area contributed by atoms with Crippen molar-refractivity contribution in [3.63, 3.8) is 0 Å². The van der Waals surface area contributed by atoms with Gasteiger partial charge in [0.1, 0.15) is 0 Å². The maximum atomic E-state index is 0. The van der Waals surface area contributed by atoms with E-state index in [1.807, 2.05) is 0 Å². The predicted octanol–water partition coefficient (Wildman–Crippen LogP) is 2.01. The summed E-state index contributed by atoms with van der Waals surface area (Å²) < 4.78 is 0. The Hall–Kier alpha value is 1.74. The number of hydrogen-bond donors (Lipinski definition) is 2. The number of halogens is 4. The Kier molecular flexibility index (Phi) is 2860. The van der Waals surface area contributed by atoms with E-state index in [4.69, 9.17) is 0 Å². The number of rotatable bonds is 0. The van der Waals surface area contributed by atoms with Crippen molar-refractivity contribution in [1.29, 1.82) is 0 Å². The van der Waals surface area contributed by atoms with Crippen molar-refractivity contribution in [2.75, 3.05) is 0 Å². The molecule has 7 heteroatoms. The van der Waals surface area contributed by atoms with Crippen LogP contribution in [0.15, 0.2) is 0 Å². The molecule has 0 aromatic heterocycles. The van der Waals surface area contributed by atoms with E-state index in [1.54, 1.807) is 0 Å². The molecule has 0 aliphatic heterocycles. The summed E-state index contributed by atoms with van der Waals surface area (Å²) in [6.07, 6.45) is 0. The van der Waals surface area contributed by atoms with Gasteiger partial charge in [0.15, 0.2) is 0 Å². The first-order chi connectivity index (χ1) is 0. The molecule has 0 spiro atoms. The van der Waals surface area contributed by atoms with Crippen LogP contribution >= 0.6 is 49.6 Å². The molecule has 0 fully saturated rings. The van der Waals surface area contributed by atoms with Crippen molar-refractivity contribution in [2.45, 2.75) is 0 Å². The van der Waals surface area contributed by atoms with E-state index in [9.17, 15) is 0 Å². The van der Waals surface area contributed by atoms with Gasteiger partial charge in [-0.15, -0.1) is 49.6 Å². The quantitative estimate of drug-likeness (QED) is 0.669. The van der Waals surface area contributed by atoms with Crippen molar-refractivity contribution in [1.82, 2.24) is 12.3 Å². The second-order valence-electron chi connectivity index (χ2n) is 0. The summed E-state index contributed by atoms with van der Waals surface area (Å²) in [7, 11) is 0. The summed E-state index contributed by atoms with van der Waals surface area (Å²) in [6.45, 7) is 0. The molecule has 0 saturated carbocycles. The van der Waals surface area contributed by atoms with Crippen LogP contribution < -0.4 is 12.3 Å². The zero-order valence-electron chi connectivity index (χ0n) is 3.36. The fourth-order valence-corrected chi connectivity index (χ4v) is 0. The van der Waals surface area contributed by atoms with E-state index in [0.717, 1.165) is 0 Å². The molecule has 0 rings (SSSR count). The van der Waals surface area contributed by atoms with E-state index in [-0.39, 0.29) is 82.4 Å². The summed E-state index contributed by atoms with van der Waals surface area (Å²) in [5.41, 5.74) is 0. The van der Waals surface area contributed by atoms with Gasteiger partial charge in [0.2, 0.25) is 0 Å². The Balaban J connectivity index is 0. The fourth-order valence-electron chi connectivity index (χ4n) is 0. The molecule has 0 aromatic carbocycles. The van der Waals surface area contributed by atoms with Crippen LogP contribution in [0.4, 0.5) is 0 Å². The third kappa shape index (κ3) is 84.1. The van der Waals surface area contributed by atoms with Gasteiger partial charge in [-0.05, 0) is 0 Å². The van der Waals surface area contributed by atoms with Crippen molar-refractivity contribution in [3.8, 4) is 0 Å². The van der Waals surface area contributed by atoms with Crippen molar-refractivity contribution >= 4 is 49.6 Å². The van der Waals surface area contributed by atoms with Crippen LogP contribution in [-0.2, 0) is 20.4 Å². The van der Waals surface area contributed by atoms with Gasteiger partial charge in [-0.3, -0.25) is 0 Å². The van der Waals surface area contributed by atoms with Crippen molar-refractivity contribution < 1.29 is 20.4 Å². The predicted molar refractivity (Wildman–Crippen MR) is 39.0 cm³/mol. The standard InChI is InChI=1S/4ClH.2H3N.Pd/h4*1H;2*1H3;. The zero-order chi connectivity index (χ0) is 0. The van der Waals surface area contributed by atoms with Gasteiger partial charge in [-0.1, -0.05) is 0 Å². The average Bonchev–Trinajstić information content (AvgIpc) is 0. The Bertz CT molecular complexity index is 9.65. The molecule has 58 valence electrons. The molecule has 0 amide bonds. The molecule has 0 unspecified atom stereocenters. The molecule has 0 aliphatic carbocycles. The van der Waals surface area contributed by atoms with Gasteiger partial charge in [-0.25, -0.2) is 0 Å². The maximum Gasteiger partial charge on any atom is 0 e. The monoisotopic (exact) mass is 284 g/mol. The van der Waals surface area contributed by atoms with E-state index < -0.39 is 0 Å². The first-order valence-corrected chi connectivity index (χ1v) is 0. The summed E-state index contributed by atoms with van der Waals surface area (Å²) in [6, 6.07) is 0. The minimum Gasteiger partial charge on any atom is -0.344 e. The van der Waals surface area contributed by atoms with Crippen LogP contribution in [0.25, 0.3) is 0 Å². The van der Waals surface area contributed by atoms with Gasteiger partial charge in [0, 0.05) is 20.4 Å². The van der Waals surface area contributed by atoms with E-state index in [1.165, 1.54) is 0 Å². The third-order valence-electron chi connectivity index (χ3n) is 0. The summed E-state index contributed by atoms with van der Waals surface area (Å²) in [5.74, 6) is 0. The molecule has 0 aromatic rings. The van der Waals surface area contributed by atoms with Crippen LogP contribution in [0.3, 0.4) is 0 Å².